The summed E-state index contributed by atoms with van der Waals surface area (Å²) in [6.45, 7) is -2.23. The molecule has 0 saturated carbocycles. The van der Waals surface area contributed by atoms with Gasteiger partial charge in [-0.15, -0.1) is 0 Å². The number of nitrogens with one attached hydrogen (secondary N) is 1. The van der Waals surface area contributed by atoms with Gasteiger partial charge >= 0.3 is 12.8 Å². The van der Waals surface area contributed by atoms with Crippen LogP contribution in [0.5, 0.6) is 5.75 Å². The maximum absolute atomic E-state index is 13.0. The van der Waals surface area contributed by atoms with E-state index in [9.17, 15) is 40.3 Å². The van der Waals surface area contributed by atoms with Gasteiger partial charge in [0.1, 0.15) is 16.7 Å². The summed E-state index contributed by atoms with van der Waals surface area (Å²) in [7, 11) is -3.42. The van der Waals surface area contributed by atoms with Crippen molar-refractivity contribution < 1.29 is 49.7 Å². The lowest BCUT2D eigenvalue weighted by molar-refractivity contribution is -0.137. The highest BCUT2D eigenvalue weighted by molar-refractivity contribution is 7.91. The number of carbonyl (C=O) groups is 1. The van der Waals surface area contributed by atoms with E-state index in [0.29, 0.717) is 10.7 Å². The Kier molecular flexibility index (Phi) is 10.2. The molecule has 16 heteroatoms. The first-order valence-corrected chi connectivity index (χ1v) is 15.5. The highest BCUT2D eigenvalue weighted by atomic mass is 32.2. The number of ether oxygens (including phenoxy) is 2. The van der Waals surface area contributed by atoms with Crippen molar-refractivity contribution in [2.75, 3.05) is 30.4 Å². The molecule has 1 aliphatic rings. The van der Waals surface area contributed by atoms with Crippen LogP contribution in [0.15, 0.2) is 59.6 Å². The summed E-state index contributed by atoms with van der Waals surface area (Å²) in [6, 6.07) is 8.42. The molecule has 3 atom stereocenters. The van der Waals surface area contributed by atoms with Gasteiger partial charge in [0.15, 0.2) is 15.0 Å². The van der Waals surface area contributed by atoms with Gasteiger partial charge in [-0.2, -0.15) is 22.0 Å². The number of carbonyl (C=O) groups excluding carboxylic acids is 1. The lowest BCUT2D eigenvalue weighted by Gasteiger charge is -2.23. The summed E-state index contributed by atoms with van der Waals surface area (Å²) in [4.78, 5) is 19.2. The lowest BCUT2D eigenvalue weighted by atomic mass is 10.1. The molecule has 1 amide bonds. The van der Waals surface area contributed by atoms with Crippen LogP contribution in [0.3, 0.4) is 0 Å². The Morgan fingerprint density at radius 3 is 2.42 bits per heavy atom. The maximum atomic E-state index is 13.0. The number of aliphatic hydroxyl groups excluding tert-OH is 1. The van der Waals surface area contributed by atoms with Crippen LogP contribution < -0.4 is 15.0 Å². The van der Waals surface area contributed by atoms with Gasteiger partial charge in [-0.25, -0.2) is 13.4 Å². The van der Waals surface area contributed by atoms with Crippen LogP contribution in [0, 0.1) is 0 Å². The van der Waals surface area contributed by atoms with Crippen LogP contribution in [0.25, 0.3) is 0 Å². The standard InChI is InChI=1S/C27H28F5N3O6S2/c1-2-43(38,39)21-9-3-16(4-10-21)22(14-36)34-24(37)23-12-33-26(42-23)35-13-20(11-18(35)15-40-25(28)29)41-19-7-5-17(6-8-19)27(30,31)32/h3-10,12,18,20,22,25,36H,2,11,13-15H2,1H3,(H,34,37)/t18-,20-,22+/m0/s1. The van der Waals surface area contributed by atoms with Crippen molar-refractivity contribution in [2.24, 2.45) is 0 Å². The minimum atomic E-state index is -4.51. The molecular formula is C27H28F5N3O6S2. The molecule has 2 N–H and O–H groups in total. The SMILES string of the molecule is CCS(=O)(=O)c1ccc([C@@H](CO)NC(=O)c2cnc(N3C[C@@H](Oc4ccc(C(F)(F)F)cc4)C[C@H]3COC(F)F)s2)cc1. The van der Waals surface area contributed by atoms with E-state index in [-0.39, 0.29) is 40.8 Å². The molecule has 0 aliphatic carbocycles. The Balaban J connectivity index is 1.45. The van der Waals surface area contributed by atoms with Crippen molar-refractivity contribution in [2.45, 2.75) is 49.2 Å². The zero-order valence-electron chi connectivity index (χ0n) is 22.6. The summed E-state index contributed by atoms with van der Waals surface area (Å²) < 4.78 is 98.7. The predicted molar refractivity (Wildman–Crippen MR) is 147 cm³/mol. The number of amides is 1. The molecule has 1 aromatic heterocycles. The third kappa shape index (κ3) is 8.19. The Bertz CT molecular complexity index is 1480. The summed E-state index contributed by atoms with van der Waals surface area (Å²) in [5.41, 5.74) is -0.364. The number of nitrogens with zero attached hydrogens (tertiary/aromatic N) is 2. The molecule has 1 fully saturated rings. The third-order valence-electron chi connectivity index (χ3n) is 6.75. The second-order valence-electron chi connectivity index (χ2n) is 9.59. The van der Waals surface area contributed by atoms with Gasteiger partial charge in [-0.1, -0.05) is 30.4 Å². The highest BCUT2D eigenvalue weighted by Gasteiger charge is 2.37. The predicted octanol–water partition coefficient (Wildman–Crippen LogP) is 4.68. The second-order valence-corrected chi connectivity index (χ2v) is 12.9. The summed E-state index contributed by atoms with van der Waals surface area (Å²) in [5.74, 6) is -0.484. The minimum absolute atomic E-state index is 0.0751. The van der Waals surface area contributed by atoms with E-state index in [0.717, 1.165) is 23.5 Å². The van der Waals surface area contributed by atoms with E-state index in [2.05, 4.69) is 15.0 Å². The average Bonchev–Trinajstić information content (AvgIpc) is 3.62. The van der Waals surface area contributed by atoms with Crippen molar-refractivity contribution in [1.29, 1.82) is 0 Å². The van der Waals surface area contributed by atoms with Gasteiger partial charge in [0, 0.05) is 6.42 Å². The van der Waals surface area contributed by atoms with E-state index >= 15 is 0 Å². The van der Waals surface area contributed by atoms with E-state index in [4.69, 9.17) is 4.74 Å². The quantitative estimate of drug-likeness (QED) is 0.272. The molecule has 0 unspecified atom stereocenters. The molecule has 234 valence electrons. The molecule has 2 heterocycles. The fourth-order valence-electron chi connectivity index (χ4n) is 4.49. The minimum Gasteiger partial charge on any atom is -0.489 e. The van der Waals surface area contributed by atoms with Gasteiger partial charge in [-0.05, 0) is 42.0 Å². The smallest absolute Gasteiger partial charge is 0.416 e. The number of sulfone groups is 1. The largest absolute Gasteiger partial charge is 0.489 e. The van der Waals surface area contributed by atoms with Crippen molar-refractivity contribution in [3.05, 3.63) is 70.7 Å². The van der Waals surface area contributed by atoms with E-state index < -0.39 is 58.9 Å². The molecule has 9 nitrogen and oxygen atoms in total. The summed E-state index contributed by atoms with van der Waals surface area (Å²) >= 11 is 0.964. The number of rotatable bonds is 12. The fourth-order valence-corrected chi connectivity index (χ4v) is 6.27. The van der Waals surface area contributed by atoms with Gasteiger partial charge in [-0.3, -0.25) is 4.79 Å². The van der Waals surface area contributed by atoms with Crippen molar-refractivity contribution in [3.8, 4) is 5.75 Å². The Morgan fingerprint density at radius 1 is 1.16 bits per heavy atom. The third-order valence-corrected chi connectivity index (χ3v) is 9.53. The molecule has 1 saturated heterocycles. The number of aliphatic hydroxyl groups is 1. The number of hydrogen-bond acceptors (Lipinski definition) is 9. The van der Waals surface area contributed by atoms with Gasteiger partial charge in [0.05, 0.1) is 54.3 Å². The number of anilines is 1. The Labute approximate surface area is 248 Å². The molecule has 3 aromatic rings. The number of thiazole rings is 1. The van der Waals surface area contributed by atoms with E-state index in [1.165, 1.54) is 49.5 Å². The Hall–Kier alpha value is -3.34. The van der Waals surface area contributed by atoms with Crippen LogP contribution in [0.4, 0.5) is 27.1 Å². The molecule has 0 radical (unpaired) electrons. The van der Waals surface area contributed by atoms with Crippen LogP contribution in [-0.2, 0) is 20.8 Å². The number of aromatic nitrogens is 1. The summed E-state index contributed by atoms with van der Waals surface area (Å²) in [5, 5.41) is 12.8. The molecule has 0 bridgehead atoms. The number of halogens is 5. The molecule has 43 heavy (non-hydrogen) atoms. The first kappa shape index (κ1) is 32.6. The lowest BCUT2D eigenvalue weighted by Crippen LogP contribution is -2.34. The van der Waals surface area contributed by atoms with Gasteiger partial charge in [0.25, 0.3) is 5.91 Å². The van der Waals surface area contributed by atoms with Gasteiger partial charge < -0.3 is 24.8 Å². The molecule has 4 rings (SSSR count). The van der Waals surface area contributed by atoms with Crippen molar-refractivity contribution in [1.82, 2.24) is 10.3 Å². The average molecular weight is 650 g/mol. The van der Waals surface area contributed by atoms with Crippen LogP contribution in [0.2, 0.25) is 0 Å². The molecule has 1 aliphatic heterocycles. The van der Waals surface area contributed by atoms with Crippen LogP contribution in [0.1, 0.15) is 40.2 Å². The number of benzene rings is 2. The normalized spacial score (nSPS) is 18.2. The molecule has 2 aromatic carbocycles. The number of alkyl halides is 5. The van der Waals surface area contributed by atoms with Crippen molar-refractivity contribution >= 4 is 32.2 Å². The van der Waals surface area contributed by atoms with Crippen molar-refractivity contribution in [3.63, 3.8) is 0 Å². The molecule has 0 spiro atoms. The zero-order chi connectivity index (χ0) is 31.4. The highest BCUT2D eigenvalue weighted by Crippen LogP contribution is 2.34. The van der Waals surface area contributed by atoms with Crippen LogP contribution in [-0.4, -0.2) is 68.7 Å². The fraction of sp³-hybridized carbons (Fsp3) is 0.407. The molecular weight excluding hydrogens is 621 g/mol. The first-order valence-electron chi connectivity index (χ1n) is 13.0. The van der Waals surface area contributed by atoms with E-state index in [1.807, 2.05) is 0 Å². The first-order chi connectivity index (χ1) is 20.3. The number of hydrogen-bond donors (Lipinski definition) is 2. The second kappa shape index (κ2) is 13.5. The topological polar surface area (TPSA) is 118 Å². The van der Waals surface area contributed by atoms with Crippen LogP contribution >= 0.6 is 11.3 Å². The monoisotopic (exact) mass is 649 g/mol. The zero-order valence-corrected chi connectivity index (χ0v) is 24.3. The van der Waals surface area contributed by atoms with E-state index in [1.54, 1.807) is 4.90 Å². The Morgan fingerprint density at radius 2 is 1.84 bits per heavy atom. The summed E-state index contributed by atoms with van der Waals surface area (Å²) in [6.07, 6.45) is -3.61. The van der Waals surface area contributed by atoms with Gasteiger partial charge in [0.2, 0.25) is 0 Å². The maximum Gasteiger partial charge on any atom is 0.416 e.